The fraction of sp³-hybridized carbons (Fsp3) is 0.944. The van der Waals surface area contributed by atoms with E-state index < -0.39 is 0 Å². The van der Waals surface area contributed by atoms with Crippen LogP contribution in [-0.4, -0.2) is 62.1 Å². The molecule has 0 radical (unpaired) electrons. The lowest BCUT2D eigenvalue weighted by atomic mass is 9.97. The van der Waals surface area contributed by atoms with Crippen LogP contribution in [0.4, 0.5) is 0 Å². The molecule has 128 valence electrons. The predicted octanol–water partition coefficient (Wildman–Crippen LogP) is 2.66. The van der Waals surface area contributed by atoms with Gasteiger partial charge in [0.15, 0.2) is 5.96 Å². The minimum absolute atomic E-state index is 0.684. The van der Waals surface area contributed by atoms with Gasteiger partial charge in [0.25, 0.3) is 0 Å². The average molecular weight is 309 g/mol. The highest BCUT2D eigenvalue weighted by molar-refractivity contribution is 5.80. The first-order valence-electron chi connectivity index (χ1n) is 9.26. The maximum absolute atomic E-state index is 4.51. The van der Waals surface area contributed by atoms with Crippen LogP contribution in [0.2, 0.25) is 0 Å². The van der Waals surface area contributed by atoms with Crippen LogP contribution in [0.25, 0.3) is 0 Å². The van der Waals surface area contributed by atoms with Crippen molar-refractivity contribution in [1.29, 1.82) is 0 Å². The van der Waals surface area contributed by atoms with Gasteiger partial charge < -0.3 is 15.1 Å². The summed E-state index contributed by atoms with van der Waals surface area (Å²) in [7, 11) is 1.92. The monoisotopic (exact) mass is 308 g/mol. The Balaban J connectivity index is 1.70. The molecule has 2 fully saturated rings. The zero-order chi connectivity index (χ0) is 15.9. The molecule has 2 saturated heterocycles. The molecule has 2 heterocycles. The van der Waals surface area contributed by atoms with E-state index in [4.69, 9.17) is 0 Å². The van der Waals surface area contributed by atoms with Gasteiger partial charge in [-0.25, -0.2) is 0 Å². The summed E-state index contributed by atoms with van der Waals surface area (Å²) in [6.07, 6.45) is 5.43. The Morgan fingerprint density at radius 2 is 1.91 bits per heavy atom. The summed E-state index contributed by atoms with van der Waals surface area (Å²) < 4.78 is 0. The van der Waals surface area contributed by atoms with Gasteiger partial charge in [-0.15, -0.1) is 0 Å². The van der Waals surface area contributed by atoms with Crippen LogP contribution in [0, 0.1) is 17.8 Å². The zero-order valence-corrected chi connectivity index (χ0v) is 15.1. The van der Waals surface area contributed by atoms with E-state index in [0.717, 1.165) is 30.9 Å². The number of hydrogen-bond donors (Lipinski definition) is 1. The number of nitrogens with one attached hydrogen (secondary N) is 1. The third kappa shape index (κ3) is 5.45. The van der Waals surface area contributed by atoms with Crippen molar-refractivity contribution in [2.45, 2.75) is 46.5 Å². The molecule has 4 nitrogen and oxygen atoms in total. The largest absolute Gasteiger partial charge is 0.356 e. The fourth-order valence-electron chi connectivity index (χ4n) is 3.95. The highest BCUT2D eigenvalue weighted by atomic mass is 15.3. The van der Waals surface area contributed by atoms with Crippen LogP contribution in [0.15, 0.2) is 4.99 Å². The van der Waals surface area contributed by atoms with Crippen molar-refractivity contribution >= 4 is 5.96 Å². The van der Waals surface area contributed by atoms with Gasteiger partial charge in [0.1, 0.15) is 0 Å². The predicted molar refractivity (Wildman–Crippen MR) is 95.3 cm³/mol. The first kappa shape index (κ1) is 17.6. The van der Waals surface area contributed by atoms with E-state index in [2.05, 4.69) is 40.9 Å². The van der Waals surface area contributed by atoms with E-state index in [1.54, 1.807) is 0 Å². The van der Waals surface area contributed by atoms with Gasteiger partial charge in [-0.05, 0) is 56.5 Å². The van der Waals surface area contributed by atoms with Crippen LogP contribution in [0.3, 0.4) is 0 Å². The highest BCUT2D eigenvalue weighted by Crippen LogP contribution is 2.23. The van der Waals surface area contributed by atoms with Gasteiger partial charge in [0.05, 0.1) is 0 Å². The van der Waals surface area contributed by atoms with E-state index in [9.17, 15) is 0 Å². The number of hydrogen-bond acceptors (Lipinski definition) is 2. The summed E-state index contributed by atoms with van der Waals surface area (Å²) >= 11 is 0. The minimum atomic E-state index is 0.684. The second-order valence-electron chi connectivity index (χ2n) is 7.77. The van der Waals surface area contributed by atoms with Gasteiger partial charge >= 0.3 is 0 Å². The maximum Gasteiger partial charge on any atom is 0.193 e. The van der Waals surface area contributed by atoms with E-state index in [1.807, 2.05) is 7.05 Å². The molecule has 0 aromatic rings. The van der Waals surface area contributed by atoms with E-state index >= 15 is 0 Å². The maximum atomic E-state index is 4.51. The number of aliphatic imine (C=N–C) groups is 1. The molecule has 1 N–H and O–H groups in total. The zero-order valence-electron chi connectivity index (χ0n) is 15.1. The van der Waals surface area contributed by atoms with Crippen molar-refractivity contribution in [3.8, 4) is 0 Å². The Hall–Kier alpha value is -0.770. The molecule has 4 heteroatoms. The second kappa shape index (κ2) is 8.76. The highest BCUT2D eigenvalue weighted by Gasteiger charge is 2.25. The van der Waals surface area contributed by atoms with Gasteiger partial charge in [-0.1, -0.05) is 20.8 Å². The number of rotatable bonds is 6. The lowest BCUT2D eigenvalue weighted by Gasteiger charge is -2.25. The molecule has 2 rings (SSSR count). The van der Waals surface area contributed by atoms with Crippen molar-refractivity contribution in [2.75, 3.05) is 46.3 Å². The molecule has 2 unspecified atom stereocenters. The first-order valence-corrected chi connectivity index (χ1v) is 9.26. The molecular weight excluding hydrogens is 272 g/mol. The molecule has 0 spiro atoms. The summed E-state index contributed by atoms with van der Waals surface area (Å²) in [4.78, 5) is 9.56. The Labute approximate surface area is 137 Å². The van der Waals surface area contributed by atoms with Crippen LogP contribution in [-0.2, 0) is 0 Å². The molecule has 0 saturated carbocycles. The third-order valence-electron chi connectivity index (χ3n) is 4.98. The molecule has 0 aromatic heterocycles. The van der Waals surface area contributed by atoms with Gasteiger partial charge in [-0.2, -0.15) is 0 Å². The molecule has 0 amide bonds. The van der Waals surface area contributed by atoms with Crippen molar-refractivity contribution in [1.82, 2.24) is 15.1 Å². The minimum Gasteiger partial charge on any atom is -0.356 e. The van der Waals surface area contributed by atoms with Crippen LogP contribution in [0.1, 0.15) is 46.5 Å². The first-order chi connectivity index (χ1) is 10.6. The summed E-state index contributed by atoms with van der Waals surface area (Å²) in [6, 6.07) is 0. The number of nitrogens with zero attached hydrogens (tertiary/aromatic N) is 3. The smallest absolute Gasteiger partial charge is 0.193 e. The summed E-state index contributed by atoms with van der Waals surface area (Å²) in [5, 5.41) is 3.61. The lowest BCUT2D eigenvalue weighted by molar-refractivity contribution is 0.286. The Bertz CT molecular complexity index is 347. The molecule has 2 aliphatic rings. The van der Waals surface area contributed by atoms with Gasteiger partial charge in [-0.3, -0.25) is 4.99 Å². The molecule has 2 atom stereocenters. The fourth-order valence-corrected chi connectivity index (χ4v) is 3.95. The van der Waals surface area contributed by atoms with E-state index in [0.29, 0.717) is 5.92 Å². The lowest BCUT2D eigenvalue weighted by Crippen LogP contribution is -2.43. The van der Waals surface area contributed by atoms with Crippen LogP contribution >= 0.6 is 0 Å². The normalized spacial score (nSPS) is 25.2. The standard InChI is InChI=1S/C18H36N4/c1-15(2)11-17-7-10-22(14-17)18(19-4)20-12-16(3)13-21-8-5-6-9-21/h15-17H,5-14H2,1-4H3,(H,19,20). The summed E-state index contributed by atoms with van der Waals surface area (Å²) in [5.74, 6) is 3.45. The van der Waals surface area contributed by atoms with Crippen LogP contribution in [0.5, 0.6) is 0 Å². The number of guanidine groups is 1. The van der Waals surface area contributed by atoms with Crippen molar-refractivity contribution < 1.29 is 0 Å². The molecule has 0 aromatic carbocycles. The van der Waals surface area contributed by atoms with Crippen molar-refractivity contribution in [3.63, 3.8) is 0 Å². The van der Waals surface area contributed by atoms with E-state index in [1.165, 1.54) is 51.9 Å². The van der Waals surface area contributed by atoms with Crippen LogP contribution < -0.4 is 5.32 Å². The quantitative estimate of drug-likeness (QED) is 0.604. The molecule has 2 aliphatic heterocycles. The third-order valence-corrected chi connectivity index (χ3v) is 4.98. The Morgan fingerprint density at radius 1 is 1.18 bits per heavy atom. The molecular formula is C18H36N4. The summed E-state index contributed by atoms with van der Waals surface area (Å²) in [5.41, 5.74) is 0. The summed E-state index contributed by atoms with van der Waals surface area (Å²) in [6.45, 7) is 14.2. The average Bonchev–Trinajstić information content (AvgIpc) is 3.11. The topological polar surface area (TPSA) is 30.9 Å². The second-order valence-corrected chi connectivity index (χ2v) is 7.77. The van der Waals surface area contributed by atoms with Gasteiger partial charge in [0.2, 0.25) is 0 Å². The van der Waals surface area contributed by atoms with Gasteiger partial charge in [0, 0.05) is 33.2 Å². The SMILES string of the molecule is CN=C(NCC(C)CN1CCCC1)N1CCC(CC(C)C)C1. The Kier molecular flexibility index (Phi) is 7.00. The molecule has 0 bridgehead atoms. The van der Waals surface area contributed by atoms with E-state index in [-0.39, 0.29) is 0 Å². The van der Waals surface area contributed by atoms with Crippen molar-refractivity contribution in [3.05, 3.63) is 0 Å². The van der Waals surface area contributed by atoms with Crippen molar-refractivity contribution in [2.24, 2.45) is 22.7 Å². The molecule has 22 heavy (non-hydrogen) atoms. The Morgan fingerprint density at radius 3 is 2.55 bits per heavy atom. The number of likely N-dealkylation sites (tertiary alicyclic amines) is 2. The molecule has 0 aliphatic carbocycles.